The van der Waals surface area contributed by atoms with Crippen LogP contribution < -0.4 is 0 Å². The first-order valence-corrected chi connectivity index (χ1v) is 9.20. The predicted molar refractivity (Wildman–Crippen MR) is 100 cm³/mol. The SMILES string of the molecule is C[C@@H](CN1CCCC1)[C@](O)(Cc1ccccc1)c1ccc(Cl)cc1. The monoisotopic (exact) mass is 343 g/mol. The summed E-state index contributed by atoms with van der Waals surface area (Å²) < 4.78 is 0. The van der Waals surface area contributed by atoms with E-state index in [2.05, 4.69) is 24.0 Å². The zero-order valence-corrected chi connectivity index (χ0v) is 15.0. The van der Waals surface area contributed by atoms with Gasteiger partial charge in [0.1, 0.15) is 0 Å². The molecule has 2 aromatic rings. The van der Waals surface area contributed by atoms with E-state index >= 15 is 0 Å². The lowest BCUT2D eigenvalue weighted by Gasteiger charge is -2.37. The van der Waals surface area contributed by atoms with E-state index in [0.29, 0.717) is 11.4 Å². The van der Waals surface area contributed by atoms with E-state index in [0.717, 1.165) is 30.8 Å². The Balaban J connectivity index is 1.88. The lowest BCUT2D eigenvalue weighted by atomic mass is 9.77. The van der Waals surface area contributed by atoms with Gasteiger partial charge in [-0.15, -0.1) is 0 Å². The van der Waals surface area contributed by atoms with Gasteiger partial charge in [0.15, 0.2) is 0 Å². The lowest BCUT2D eigenvalue weighted by molar-refractivity contribution is -0.0277. The number of halogens is 1. The maximum Gasteiger partial charge on any atom is 0.0974 e. The Labute approximate surface area is 150 Å². The van der Waals surface area contributed by atoms with Gasteiger partial charge >= 0.3 is 0 Å². The molecule has 24 heavy (non-hydrogen) atoms. The quantitative estimate of drug-likeness (QED) is 0.834. The van der Waals surface area contributed by atoms with Gasteiger partial charge in [-0.3, -0.25) is 0 Å². The Kier molecular flexibility index (Phi) is 5.60. The molecule has 0 aliphatic carbocycles. The van der Waals surface area contributed by atoms with Gasteiger partial charge in [-0.05, 0) is 49.2 Å². The van der Waals surface area contributed by atoms with Crippen molar-refractivity contribution in [2.24, 2.45) is 5.92 Å². The molecule has 2 nitrogen and oxygen atoms in total. The molecular formula is C21H26ClNO. The zero-order chi connectivity index (χ0) is 17.0. The van der Waals surface area contributed by atoms with Crippen LogP contribution in [-0.2, 0) is 12.0 Å². The van der Waals surface area contributed by atoms with Crippen molar-refractivity contribution in [1.82, 2.24) is 4.90 Å². The van der Waals surface area contributed by atoms with Gasteiger partial charge in [0.2, 0.25) is 0 Å². The molecule has 1 saturated heterocycles. The summed E-state index contributed by atoms with van der Waals surface area (Å²) in [5.74, 6) is 0.136. The van der Waals surface area contributed by atoms with Crippen molar-refractivity contribution in [3.63, 3.8) is 0 Å². The first-order chi connectivity index (χ1) is 11.6. The second-order valence-electron chi connectivity index (χ2n) is 7.00. The maximum atomic E-state index is 11.7. The maximum absolute atomic E-state index is 11.7. The topological polar surface area (TPSA) is 23.5 Å². The summed E-state index contributed by atoms with van der Waals surface area (Å²) in [5, 5.41) is 12.4. The van der Waals surface area contributed by atoms with Crippen molar-refractivity contribution in [1.29, 1.82) is 0 Å². The number of likely N-dealkylation sites (tertiary alicyclic amines) is 1. The van der Waals surface area contributed by atoms with Crippen LogP contribution in [0.15, 0.2) is 54.6 Å². The largest absolute Gasteiger partial charge is 0.384 e. The molecule has 1 aliphatic rings. The molecular weight excluding hydrogens is 318 g/mol. The summed E-state index contributed by atoms with van der Waals surface area (Å²) in [5.41, 5.74) is 1.21. The Morgan fingerprint density at radius 3 is 2.29 bits per heavy atom. The molecule has 1 N–H and O–H groups in total. The number of benzene rings is 2. The summed E-state index contributed by atoms with van der Waals surface area (Å²) in [6.07, 6.45) is 3.15. The van der Waals surface area contributed by atoms with E-state index in [9.17, 15) is 5.11 Å². The second kappa shape index (κ2) is 7.69. The average Bonchev–Trinajstić information content (AvgIpc) is 3.09. The zero-order valence-electron chi connectivity index (χ0n) is 14.3. The van der Waals surface area contributed by atoms with Crippen LogP contribution in [0.25, 0.3) is 0 Å². The minimum atomic E-state index is -0.894. The summed E-state index contributed by atoms with van der Waals surface area (Å²) in [6, 6.07) is 17.9. The van der Waals surface area contributed by atoms with E-state index in [1.165, 1.54) is 12.8 Å². The highest BCUT2D eigenvalue weighted by Gasteiger charge is 2.37. The number of hydrogen-bond acceptors (Lipinski definition) is 2. The molecule has 0 aromatic heterocycles. The van der Waals surface area contributed by atoms with E-state index in [1.807, 2.05) is 42.5 Å². The van der Waals surface area contributed by atoms with Crippen molar-refractivity contribution in [2.45, 2.75) is 31.8 Å². The normalized spacial score (nSPS) is 19.1. The Morgan fingerprint density at radius 2 is 1.67 bits per heavy atom. The Morgan fingerprint density at radius 1 is 1.04 bits per heavy atom. The first-order valence-electron chi connectivity index (χ1n) is 8.82. The number of rotatable bonds is 6. The molecule has 0 amide bonds. The second-order valence-corrected chi connectivity index (χ2v) is 7.44. The van der Waals surface area contributed by atoms with Gasteiger partial charge in [0.05, 0.1) is 5.60 Å². The standard InChI is InChI=1S/C21H26ClNO/c1-17(16-23-13-5-6-14-23)21(24,15-18-7-3-2-4-8-18)19-9-11-20(22)12-10-19/h2-4,7-12,17,24H,5-6,13-16H2,1H3/t17-,21+/m0/s1. The third-order valence-corrected chi connectivity index (χ3v) is 5.46. The minimum absolute atomic E-state index is 0.136. The van der Waals surface area contributed by atoms with Gasteiger partial charge < -0.3 is 10.0 Å². The van der Waals surface area contributed by atoms with Gasteiger partial charge in [-0.25, -0.2) is 0 Å². The minimum Gasteiger partial charge on any atom is -0.384 e. The van der Waals surface area contributed by atoms with Crippen LogP contribution in [0.3, 0.4) is 0 Å². The van der Waals surface area contributed by atoms with Gasteiger partial charge in [0.25, 0.3) is 0 Å². The molecule has 1 fully saturated rings. The molecule has 1 aliphatic heterocycles. The number of nitrogens with zero attached hydrogens (tertiary/aromatic N) is 1. The number of aliphatic hydroxyl groups is 1. The van der Waals surface area contributed by atoms with E-state index in [1.54, 1.807) is 0 Å². The van der Waals surface area contributed by atoms with E-state index in [4.69, 9.17) is 11.6 Å². The summed E-state index contributed by atoms with van der Waals surface area (Å²) in [4.78, 5) is 2.47. The molecule has 0 unspecified atom stereocenters. The van der Waals surface area contributed by atoms with Gasteiger partial charge in [-0.2, -0.15) is 0 Å². The van der Waals surface area contributed by atoms with Crippen LogP contribution in [0.2, 0.25) is 5.02 Å². The van der Waals surface area contributed by atoms with Crippen LogP contribution in [-0.4, -0.2) is 29.6 Å². The van der Waals surface area contributed by atoms with Crippen molar-refractivity contribution >= 4 is 11.6 Å². The highest BCUT2D eigenvalue weighted by molar-refractivity contribution is 6.30. The molecule has 0 spiro atoms. The highest BCUT2D eigenvalue weighted by atomic mass is 35.5. The molecule has 2 atom stereocenters. The fourth-order valence-electron chi connectivity index (χ4n) is 3.71. The van der Waals surface area contributed by atoms with Crippen molar-refractivity contribution in [3.8, 4) is 0 Å². The molecule has 0 radical (unpaired) electrons. The van der Waals surface area contributed by atoms with Crippen molar-refractivity contribution in [2.75, 3.05) is 19.6 Å². The molecule has 1 heterocycles. The summed E-state index contributed by atoms with van der Waals surface area (Å²) >= 11 is 6.05. The molecule has 0 saturated carbocycles. The van der Waals surface area contributed by atoms with Gasteiger partial charge in [-0.1, -0.05) is 61.0 Å². The van der Waals surface area contributed by atoms with Crippen LogP contribution in [0.1, 0.15) is 30.9 Å². The number of hydrogen-bond donors (Lipinski definition) is 1. The van der Waals surface area contributed by atoms with Gasteiger partial charge in [0, 0.05) is 23.9 Å². The Hall–Kier alpha value is -1.35. The molecule has 0 bridgehead atoms. The van der Waals surface area contributed by atoms with Crippen molar-refractivity contribution in [3.05, 3.63) is 70.7 Å². The van der Waals surface area contributed by atoms with Crippen molar-refractivity contribution < 1.29 is 5.11 Å². The highest BCUT2D eigenvalue weighted by Crippen LogP contribution is 2.35. The smallest absolute Gasteiger partial charge is 0.0974 e. The summed E-state index contributed by atoms with van der Waals surface area (Å²) in [7, 11) is 0. The molecule has 128 valence electrons. The fraction of sp³-hybridized carbons (Fsp3) is 0.429. The molecule has 2 aromatic carbocycles. The van der Waals surface area contributed by atoms with Crippen LogP contribution in [0.4, 0.5) is 0 Å². The summed E-state index contributed by atoms with van der Waals surface area (Å²) in [6.45, 7) is 5.38. The first kappa shape index (κ1) is 17.5. The lowest BCUT2D eigenvalue weighted by Crippen LogP contribution is -2.42. The third-order valence-electron chi connectivity index (χ3n) is 5.21. The van der Waals surface area contributed by atoms with E-state index in [-0.39, 0.29) is 5.92 Å². The Bertz CT molecular complexity index is 637. The van der Waals surface area contributed by atoms with Crippen LogP contribution in [0, 0.1) is 5.92 Å². The molecule has 3 rings (SSSR count). The predicted octanol–water partition coefficient (Wildman–Crippen LogP) is 4.50. The average molecular weight is 344 g/mol. The third kappa shape index (κ3) is 4.00. The van der Waals surface area contributed by atoms with E-state index < -0.39 is 5.60 Å². The van der Waals surface area contributed by atoms with Crippen LogP contribution >= 0.6 is 11.6 Å². The fourth-order valence-corrected chi connectivity index (χ4v) is 3.84. The molecule has 3 heteroatoms. The van der Waals surface area contributed by atoms with Crippen LogP contribution in [0.5, 0.6) is 0 Å².